The van der Waals surface area contributed by atoms with Crippen LogP contribution in [0.25, 0.3) is 38.8 Å². The maximum absolute atomic E-state index is 13.2. The predicted octanol–water partition coefficient (Wildman–Crippen LogP) is 3.53. The number of fused-ring (bicyclic) bond motifs is 3. The molecule has 0 saturated heterocycles. The van der Waals surface area contributed by atoms with Gasteiger partial charge in [0.25, 0.3) is 0 Å². The highest BCUT2D eigenvalue weighted by atomic mass is 16.5. The fraction of sp³-hybridized carbons (Fsp3) is 0.0870. The third-order valence-corrected chi connectivity index (χ3v) is 5.31. The number of hydrogen-bond acceptors (Lipinski definition) is 5. The SMILES string of the molecule is COc1cccc(-n2c(=O)n(C)c3cnc4ccc(-c5ccc(N)nc5)cc4c32)c1. The second-order valence-electron chi connectivity index (χ2n) is 7.07. The van der Waals surface area contributed by atoms with Crippen LogP contribution in [0, 0.1) is 0 Å². The highest BCUT2D eigenvalue weighted by molar-refractivity contribution is 6.04. The Labute approximate surface area is 172 Å². The summed E-state index contributed by atoms with van der Waals surface area (Å²) in [6, 6.07) is 17.1. The standard InChI is InChI=1S/C23H19N5O2/c1-27-20-13-25-19-8-6-14(15-7-9-21(24)26-12-15)10-18(19)22(20)28(23(27)29)16-4-3-5-17(11-16)30-2/h3-13H,1-2H3,(H2,24,26). The number of methoxy groups -OCH3 is 1. The number of aromatic nitrogens is 4. The van der Waals surface area contributed by atoms with Crippen molar-refractivity contribution >= 4 is 27.8 Å². The van der Waals surface area contributed by atoms with E-state index in [1.54, 1.807) is 41.8 Å². The molecule has 5 rings (SSSR count). The number of nitrogens with two attached hydrogens (primary N) is 1. The minimum absolute atomic E-state index is 0.146. The second-order valence-corrected chi connectivity index (χ2v) is 7.07. The van der Waals surface area contributed by atoms with Gasteiger partial charge in [-0.3, -0.25) is 14.1 Å². The van der Waals surface area contributed by atoms with Crippen LogP contribution in [-0.4, -0.2) is 26.2 Å². The molecule has 0 saturated carbocycles. The van der Waals surface area contributed by atoms with E-state index in [0.717, 1.165) is 38.8 Å². The number of aryl methyl sites for hydroxylation is 1. The first kappa shape index (κ1) is 17.9. The van der Waals surface area contributed by atoms with Gasteiger partial charge in [-0.05, 0) is 42.0 Å². The maximum atomic E-state index is 13.2. The van der Waals surface area contributed by atoms with Gasteiger partial charge in [-0.2, -0.15) is 0 Å². The molecule has 0 atom stereocenters. The minimum atomic E-state index is -0.146. The summed E-state index contributed by atoms with van der Waals surface area (Å²) in [5.74, 6) is 1.15. The molecule has 2 N–H and O–H groups in total. The van der Waals surface area contributed by atoms with E-state index in [9.17, 15) is 4.79 Å². The van der Waals surface area contributed by atoms with Gasteiger partial charge in [0, 0.05) is 30.3 Å². The molecular weight excluding hydrogens is 378 g/mol. The van der Waals surface area contributed by atoms with Crippen LogP contribution in [0.3, 0.4) is 0 Å². The van der Waals surface area contributed by atoms with Crippen molar-refractivity contribution in [2.75, 3.05) is 12.8 Å². The Kier molecular flexibility index (Phi) is 4.03. The molecule has 148 valence electrons. The largest absolute Gasteiger partial charge is 0.497 e. The first-order chi connectivity index (χ1) is 14.6. The Morgan fingerprint density at radius 1 is 0.967 bits per heavy atom. The Morgan fingerprint density at radius 2 is 1.80 bits per heavy atom. The lowest BCUT2D eigenvalue weighted by molar-refractivity contribution is 0.414. The Hall–Kier alpha value is -4.13. The lowest BCUT2D eigenvalue weighted by atomic mass is 10.0. The summed E-state index contributed by atoms with van der Waals surface area (Å²) in [5.41, 5.74) is 10.6. The molecule has 5 aromatic rings. The number of pyridine rings is 2. The van der Waals surface area contributed by atoms with E-state index >= 15 is 0 Å². The average molecular weight is 397 g/mol. The normalized spacial score (nSPS) is 11.3. The van der Waals surface area contributed by atoms with Crippen molar-refractivity contribution in [1.29, 1.82) is 0 Å². The first-order valence-corrected chi connectivity index (χ1v) is 9.43. The van der Waals surface area contributed by atoms with Crippen LogP contribution in [0.4, 0.5) is 5.82 Å². The van der Waals surface area contributed by atoms with Crippen LogP contribution in [0.5, 0.6) is 5.75 Å². The van der Waals surface area contributed by atoms with Crippen molar-refractivity contribution in [2.24, 2.45) is 7.05 Å². The van der Waals surface area contributed by atoms with E-state index in [1.165, 1.54) is 0 Å². The first-order valence-electron chi connectivity index (χ1n) is 9.43. The van der Waals surface area contributed by atoms with Gasteiger partial charge in [0.05, 0.1) is 35.5 Å². The number of nitrogen functional groups attached to an aromatic ring is 1. The molecule has 0 spiro atoms. The third-order valence-electron chi connectivity index (χ3n) is 5.31. The van der Waals surface area contributed by atoms with Crippen molar-refractivity contribution < 1.29 is 4.74 Å². The molecular formula is C23H19N5O2. The monoisotopic (exact) mass is 397 g/mol. The van der Waals surface area contributed by atoms with Crippen LogP contribution < -0.4 is 16.2 Å². The van der Waals surface area contributed by atoms with Gasteiger partial charge in [-0.1, -0.05) is 12.1 Å². The second kappa shape index (κ2) is 6.73. The van der Waals surface area contributed by atoms with Gasteiger partial charge in [-0.25, -0.2) is 9.78 Å². The Balaban J connectivity index is 1.86. The molecule has 0 amide bonds. The lowest BCUT2D eigenvalue weighted by Crippen LogP contribution is -2.20. The molecule has 7 nitrogen and oxygen atoms in total. The number of anilines is 1. The number of ether oxygens (including phenoxy) is 1. The summed E-state index contributed by atoms with van der Waals surface area (Å²) in [6.07, 6.45) is 3.48. The summed E-state index contributed by atoms with van der Waals surface area (Å²) in [7, 11) is 3.36. The molecule has 0 fully saturated rings. The Bertz CT molecular complexity index is 1470. The molecule has 0 radical (unpaired) electrons. The van der Waals surface area contributed by atoms with Gasteiger partial charge in [-0.15, -0.1) is 0 Å². The molecule has 0 aliphatic rings. The van der Waals surface area contributed by atoms with Gasteiger partial charge < -0.3 is 10.5 Å². The molecule has 2 aromatic carbocycles. The topological polar surface area (TPSA) is 88.0 Å². The number of hydrogen-bond donors (Lipinski definition) is 1. The molecule has 3 heterocycles. The van der Waals surface area contributed by atoms with E-state index in [-0.39, 0.29) is 5.69 Å². The molecule has 3 aromatic heterocycles. The predicted molar refractivity (Wildman–Crippen MR) is 118 cm³/mol. The van der Waals surface area contributed by atoms with Crippen LogP contribution in [0.2, 0.25) is 0 Å². The third kappa shape index (κ3) is 2.71. The summed E-state index contributed by atoms with van der Waals surface area (Å²) >= 11 is 0. The van der Waals surface area contributed by atoms with Gasteiger partial charge in [0.1, 0.15) is 11.6 Å². The van der Waals surface area contributed by atoms with Crippen molar-refractivity contribution in [3.05, 3.63) is 77.5 Å². The Morgan fingerprint density at radius 3 is 2.57 bits per heavy atom. The van der Waals surface area contributed by atoms with E-state index in [2.05, 4.69) is 9.97 Å². The fourth-order valence-corrected chi connectivity index (χ4v) is 3.74. The van der Waals surface area contributed by atoms with Crippen molar-refractivity contribution in [3.63, 3.8) is 0 Å². The minimum Gasteiger partial charge on any atom is -0.497 e. The zero-order valence-corrected chi connectivity index (χ0v) is 16.5. The van der Waals surface area contributed by atoms with Crippen LogP contribution in [-0.2, 0) is 7.05 Å². The summed E-state index contributed by atoms with van der Waals surface area (Å²) in [4.78, 5) is 21.9. The van der Waals surface area contributed by atoms with Crippen molar-refractivity contribution in [2.45, 2.75) is 0 Å². The van der Waals surface area contributed by atoms with Crippen molar-refractivity contribution in [3.8, 4) is 22.6 Å². The maximum Gasteiger partial charge on any atom is 0.333 e. The zero-order valence-electron chi connectivity index (χ0n) is 16.5. The molecule has 0 aliphatic carbocycles. The number of benzene rings is 2. The zero-order chi connectivity index (χ0) is 20.8. The van der Waals surface area contributed by atoms with Crippen molar-refractivity contribution in [1.82, 2.24) is 19.1 Å². The summed E-state index contributed by atoms with van der Waals surface area (Å²) < 4.78 is 8.67. The smallest absolute Gasteiger partial charge is 0.333 e. The number of imidazole rings is 1. The molecule has 30 heavy (non-hydrogen) atoms. The summed E-state index contributed by atoms with van der Waals surface area (Å²) in [6.45, 7) is 0. The molecule has 0 bridgehead atoms. The highest BCUT2D eigenvalue weighted by Gasteiger charge is 2.17. The quantitative estimate of drug-likeness (QED) is 0.503. The van der Waals surface area contributed by atoms with Crippen LogP contribution in [0.15, 0.2) is 71.8 Å². The van der Waals surface area contributed by atoms with E-state index in [4.69, 9.17) is 10.5 Å². The number of nitrogens with zero attached hydrogens (tertiary/aromatic N) is 4. The average Bonchev–Trinajstić information content (AvgIpc) is 3.04. The fourth-order valence-electron chi connectivity index (χ4n) is 3.74. The van der Waals surface area contributed by atoms with Crippen LogP contribution in [0.1, 0.15) is 0 Å². The van der Waals surface area contributed by atoms with Gasteiger partial charge in [0.15, 0.2) is 0 Å². The van der Waals surface area contributed by atoms with Gasteiger partial charge >= 0.3 is 5.69 Å². The van der Waals surface area contributed by atoms with Gasteiger partial charge in [0.2, 0.25) is 0 Å². The lowest BCUT2D eigenvalue weighted by Gasteiger charge is -2.09. The molecule has 0 unspecified atom stereocenters. The van der Waals surface area contributed by atoms with Crippen LogP contribution >= 0.6 is 0 Å². The van der Waals surface area contributed by atoms with E-state index < -0.39 is 0 Å². The number of rotatable bonds is 3. The summed E-state index contributed by atoms with van der Waals surface area (Å²) in [5, 5.41) is 0.877. The molecule has 0 aliphatic heterocycles. The van der Waals surface area contributed by atoms with E-state index in [0.29, 0.717) is 11.6 Å². The van der Waals surface area contributed by atoms with E-state index in [1.807, 2.05) is 48.5 Å². The molecule has 7 heteroatoms. The highest BCUT2D eigenvalue weighted by Crippen LogP contribution is 2.30.